The Bertz CT molecular complexity index is 568. The molecule has 1 heterocycles. The van der Waals surface area contributed by atoms with Crippen molar-refractivity contribution >= 4 is 0 Å². The highest BCUT2D eigenvalue weighted by atomic mass is 19.1. The molecule has 20 heavy (non-hydrogen) atoms. The van der Waals surface area contributed by atoms with E-state index in [1.54, 1.807) is 6.20 Å². The van der Waals surface area contributed by atoms with Crippen molar-refractivity contribution in [3.8, 4) is 11.3 Å². The minimum Gasteiger partial charge on any atom is -0.318 e. The Hall–Kier alpha value is -1.79. The van der Waals surface area contributed by atoms with Crippen molar-refractivity contribution in [2.45, 2.75) is 6.54 Å². The summed E-state index contributed by atoms with van der Waals surface area (Å²) in [7, 11) is 3.86. The molecule has 0 bridgehead atoms. The molecular weight excluding hydrogens is 262 g/mol. The number of likely N-dealkylation sites (N-methyl/N-ethyl adjacent to an activating group) is 2. The third kappa shape index (κ3) is 3.40. The summed E-state index contributed by atoms with van der Waals surface area (Å²) in [4.78, 5) is 2.09. The largest absolute Gasteiger partial charge is 0.318 e. The van der Waals surface area contributed by atoms with Gasteiger partial charge in [0, 0.05) is 30.8 Å². The third-order valence-corrected chi connectivity index (χ3v) is 3.10. The maximum atomic E-state index is 13.8. The molecule has 1 aromatic heterocycles. The molecular formula is C14H18F2N4. The van der Waals surface area contributed by atoms with E-state index in [-0.39, 0.29) is 5.56 Å². The Morgan fingerprint density at radius 1 is 1.35 bits per heavy atom. The maximum Gasteiger partial charge on any atom is 0.132 e. The lowest BCUT2D eigenvalue weighted by molar-refractivity contribution is 0.328. The zero-order valence-corrected chi connectivity index (χ0v) is 11.6. The van der Waals surface area contributed by atoms with Crippen LogP contribution in [0.15, 0.2) is 24.4 Å². The van der Waals surface area contributed by atoms with Crippen LogP contribution in [-0.4, -0.2) is 42.3 Å². The van der Waals surface area contributed by atoms with Gasteiger partial charge in [-0.15, -0.1) is 0 Å². The first-order valence-electron chi connectivity index (χ1n) is 6.42. The monoisotopic (exact) mass is 280 g/mol. The first kappa shape index (κ1) is 14.6. The van der Waals surface area contributed by atoms with Gasteiger partial charge in [0.1, 0.15) is 11.6 Å². The Labute approximate surface area is 116 Å². The second-order valence-corrected chi connectivity index (χ2v) is 4.74. The molecule has 0 fully saturated rings. The van der Waals surface area contributed by atoms with Crippen LogP contribution in [0.4, 0.5) is 8.78 Å². The van der Waals surface area contributed by atoms with E-state index in [2.05, 4.69) is 20.4 Å². The summed E-state index contributed by atoms with van der Waals surface area (Å²) in [6.07, 6.45) is 1.65. The SMILES string of the molecule is CNCCN(C)Cc1cn[nH]c1-c1cc(F)ccc1F. The van der Waals surface area contributed by atoms with E-state index in [9.17, 15) is 8.78 Å². The molecule has 0 aliphatic heterocycles. The quantitative estimate of drug-likeness (QED) is 0.850. The molecule has 4 nitrogen and oxygen atoms in total. The van der Waals surface area contributed by atoms with Crippen molar-refractivity contribution in [1.29, 1.82) is 0 Å². The molecule has 0 aliphatic carbocycles. The van der Waals surface area contributed by atoms with Crippen molar-refractivity contribution in [1.82, 2.24) is 20.4 Å². The van der Waals surface area contributed by atoms with Crippen molar-refractivity contribution in [2.75, 3.05) is 27.2 Å². The molecule has 2 rings (SSSR count). The fourth-order valence-corrected chi connectivity index (χ4v) is 2.03. The number of benzene rings is 1. The fourth-order valence-electron chi connectivity index (χ4n) is 2.03. The number of nitrogens with one attached hydrogen (secondary N) is 2. The standard InChI is InChI=1S/C14H18F2N4/c1-17-5-6-20(2)9-10-8-18-19-14(10)12-7-11(15)3-4-13(12)16/h3-4,7-8,17H,5-6,9H2,1-2H3,(H,18,19). The van der Waals surface area contributed by atoms with Crippen LogP contribution < -0.4 is 5.32 Å². The predicted octanol–water partition coefficient (Wildman–Crippen LogP) is 2.01. The Kier molecular flexibility index (Phi) is 4.81. The van der Waals surface area contributed by atoms with Crippen LogP contribution in [0.1, 0.15) is 5.56 Å². The summed E-state index contributed by atoms with van der Waals surface area (Å²) >= 11 is 0. The lowest BCUT2D eigenvalue weighted by atomic mass is 10.1. The number of halogens is 2. The number of H-pyrrole nitrogens is 1. The van der Waals surface area contributed by atoms with E-state index in [4.69, 9.17) is 0 Å². The van der Waals surface area contributed by atoms with Gasteiger partial charge in [-0.1, -0.05) is 0 Å². The summed E-state index contributed by atoms with van der Waals surface area (Å²) in [5, 5.41) is 9.77. The number of aromatic nitrogens is 2. The third-order valence-electron chi connectivity index (χ3n) is 3.10. The van der Waals surface area contributed by atoms with Crippen molar-refractivity contribution < 1.29 is 8.78 Å². The van der Waals surface area contributed by atoms with Gasteiger partial charge in [-0.05, 0) is 32.3 Å². The molecule has 6 heteroatoms. The second kappa shape index (κ2) is 6.58. The van der Waals surface area contributed by atoms with Gasteiger partial charge < -0.3 is 10.2 Å². The van der Waals surface area contributed by atoms with Crippen LogP contribution >= 0.6 is 0 Å². The maximum absolute atomic E-state index is 13.8. The van der Waals surface area contributed by atoms with Gasteiger partial charge >= 0.3 is 0 Å². The smallest absolute Gasteiger partial charge is 0.132 e. The van der Waals surface area contributed by atoms with Gasteiger partial charge in [0.05, 0.1) is 11.9 Å². The van der Waals surface area contributed by atoms with Gasteiger partial charge in [0.15, 0.2) is 0 Å². The van der Waals surface area contributed by atoms with E-state index in [0.29, 0.717) is 12.2 Å². The van der Waals surface area contributed by atoms with E-state index in [1.165, 1.54) is 6.07 Å². The molecule has 2 aromatic rings. The summed E-state index contributed by atoms with van der Waals surface area (Å²) in [5.74, 6) is -0.930. The van der Waals surface area contributed by atoms with E-state index in [1.807, 2.05) is 14.1 Å². The zero-order chi connectivity index (χ0) is 14.5. The van der Waals surface area contributed by atoms with Crippen LogP contribution in [0.2, 0.25) is 0 Å². The minimum absolute atomic E-state index is 0.208. The molecule has 1 aromatic carbocycles. The van der Waals surface area contributed by atoms with Gasteiger partial charge in [-0.3, -0.25) is 5.10 Å². The molecule has 108 valence electrons. The number of hydrogen-bond acceptors (Lipinski definition) is 3. The Morgan fingerprint density at radius 3 is 2.90 bits per heavy atom. The number of hydrogen-bond donors (Lipinski definition) is 2. The van der Waals surface area contributed by atoms with Gasteiger partial charge in [-0.2, -0.15) is 5.10 Å². The van der Waals surface area contributed by atoms with Crippen molar-refractivity contribution in [3.05, 3.63) is 41.6 Å². The van der Waals surface area contributed by atoms with E-state index < -0.39 is 11.6 Å². The van der Waals surface area contributed by atoms with Gasteiger partial charge in [0.25, 0.3) is 0 Å². The molecule has 0 atom stereocenters. The molecule has 0 amide bonds. The van der Waals surface area contributed by atoms with Gasteiger partial charge in [0.2, 0.25) is 0 Å². The first-order valence-corrected chi connectivity index (χ1v) is 6.42. The Balaban J connectivity index is 2.22. The summed E-state index contributed by atoms with van der Waals surface area (Å²) < 4.78 is 27.1. The van der Waals surface area contributed by atoms with E-state index >= 15 is 0 Å². The molecule has 0 aliphatic rings. The highest BCUT2D eigenvalue weighted by Gasteiger charge is 2.14. The zero-order valence-electron chi connectivity index (χ0n) is 11.6. The number of aromatic amines is 1. The highest BCUT2D eigenvalue weighted by molar-refractivity contribution is 5.63. The molecule has 0 saturated carbocycles. The molecule has 0 spiro atoms. The first-order chi connectivity index (χ1) is 9.61. The minimum atomic E-state index is -0.467. The lowest BCUT2D eigenvalue weighted by Gasteiger charge is -2.16. The van der Waals surface area contributed by atoms with E-state index in [0.717, 1.165) is 30.8 Å². The van der Waals surface area contributed by atoms with Crippen LogP contribution in [-0.2, 0) is 6.54 Å². The van der Waals surface area contributed by atoms with Crippen LogP contribution in [0.3, 0.4) is 0 Å². The number of rotatable bonds is 6. The van der Waals surface area contributed by atoms with Crippen LogP contribution in [0.25, 0.3) is 11.3 Å². The molecule has 0 radical (unpaired) electrons. The molecule has 0 saturated heterocycles. The topological polar surface area (TPSA) is 44.0 Å². The van der Waals surface area contributed by atoms with Crippen LogP contribution in [0, 0.1) is 11.6 Å². The summed E-state index contributed by atoms with van der Waals surface area (Å²) in [6, 6.07) is 3.41. The second-order valence-electron chi connectivity index (χ2n) is 4.74. The van der Waals surface area contributed by atoms with Crippen LogP contribution in [0.5, 0.6) is 0 Å². The lowest BCUT2D eigenvalue weighted by Crippen LogP contribution is -2.27. The summed E-state index contributed by atoms with van der Waals surface area (Å²) in [6.45, 7) is 2.33. The predicted molar refractivity (Wildman–Crippen MR) is 74.2 cm³/mol. The highest BCUT2D eigenvalue weighted by Crippen LogP contribution is 2.25. The Morgan fingerprint density at radius 2 is 2.15 bits per heavy atom. The van der Waals surface area contributed by atoms with Crippen molar-refractivity contribution in [2.24, 2.45) is 0 Å². The fraction of sp³-hybridized carbons (Fsp3) is 0.357. The average Bonchev–Trinajstić information content (AvgIpc) is 2.87. The van der Waals surface area contributed by atoms with Crippen molar-refractivity contribution in [3.63, 3.8) is 0 Å². The summed E-state index contributed by atoms with van der Waals surface area (Å²) in [5.41, 5.74) is 1.57. The molecule has 2 N–H and O–H groups in total. The van der Waals surface area contributed by atoms with Gasteiger partial charge in [-0.25, -0.2) is 8.78 Å². The normalized spacial score (nSPS) is 11.2. The number of nitrogens with zero attached hydrogens (tertiary/aromatic N) is 2. The molecule has 0 unspecified atom stereocenters. The average molecular weight is 280 g/mol.